The summed E-state index contributed by atoms with van der Waals surface area (Å²) in [6.45, 7) is 1.76. The summed E-state index contributed by atoms with van der Waals surface area (Å²) in [7, 11) is 1.80. The number of hydrogen-bond acceptors (Lipinski definition) is 8. The highest BCUT2D eigenvalue weighted by Crippen LogP contribution is 2.37. The largest absolute Gasteiger partial charge is 0.480 e. The lowest BCUT2D eigenvalue weighted by molar-refractivity contribution is 0.219. The topological polar surface area (TPSA) is 118 Å². The quantitative estimate of drug-likeness (QED) is 0.393. The first kappa shape index (κ1) is 20.9. The van der Waals surface area contributed by atoms with Crippen LogP contribution in [0.5, 0.6) is 5.75 Å². The summed E-state index contributed by atoms with van der Waals surface area (Å²) in [5.41, 5.74) is 7.86. The van der Waals surface area contributed by atoms with Crippen molar-refractivity contribution < 1.29 is 13.5 Å². The van der Waals surface area contributed by atoms with Crippen LogP contribution < -0.4 is 10.5 Å². The Labute approximate surface area is 190 Å². The number of aromatic nitrogens is 7. The average Bonchev–Trinajstić information content (AvgIpc) is 3.18. The van der Waals surface area contributed by atoms with Crippen molar-refractivity contribution in [2.45, 2.75) is 13.0 Å². The van der Waals surface area contributed by atoms with E-state index in [1.165, 1.54) is 18.6 Å². The summed E-state index contributed by atoms with van der Waals surface area (Å²) in [4.78, 5) is 21.4. The molecule has 12 heteroatoms. The van der Waals surface area contributed by atoms with Gasteiger partial charge in [-0.15, -0.1) is 0 Å². The monoisotopic (exact) mass is 468 g/mol. The van der Waals surface area contributed by atoms with E-state index in [1.54, 1.807) is 31.0 Å². The molecule has 0 radical (unpaired) electrons. The van der Waals surface area contributed by atoms with E-state index in [4.69, 9.17) is 22.1 Å². The van der Waals surface area contributed by atoms with Crippen molar-refractivity contribution in [3.63, 3.8) is 0 Å². The fourth-order valence-corrected chi connectivity index (χ4v) is 3.62. The Morgan fingerprint density at radius 2 is 1.91 bits per heavy atom. The molecule has 0 fully saturated rings. The molecule has 0 aliphatic heterocycles. The van der Waals surface area contributed by atoms with E-state index in [0.29, 0.717) is 16.7 Å². The van der Waals surface area contributed by atoms with E-state index in [9.17, 15) is 8.78 Å². The van der Waals surface area contributed by atoms with Crippen LogP contribution in [0.4, 0.5) is 14.6 Å². The fourth-order valence-electron chi connectivity index (χ4n) is 3.46. The number of aryl methyl sites for hydroxylation is 1. The maximum absolute atomic E-state index is 14.7. The number of anilines is 1. The molecule has 5 rings (SSSR count). The van der Waals surface area contributed by atoms with Gasteiger partial charge in [0, 0.05) is 12.6 Å². The van der Waals surface area contributed by atoms with E-state index < -0.39 is 22.8 Å². The first-order valence-electron chi connectivity index (χ1n) is 9.69. The Hall–Kier alpha value is -3.99. The summed E-state index contributed by atoms with van der Waals surface area (Å²) >= 11 is 5.75. The molecule has 4 heterocycles. The molecule has 5 aromatic rings. The molecule has 0 amide bonds. The standard InChI is InChI=1S/C21H15ClF2N8O/c1-9(21-27-6-13-12(31-21)5-30-32(13)2)33-14-7-26-18(19-15(14)20(25)29-8-28-19)10-3-4-11(23)16(22)17(10)24/h3-9H,1-2H3,(H2,25,28,29)/t9-/m1/s1. The van der Waals surface area contributed by atoms with Crippen molar-refractivity contribution in [1.29, 1.82) is 0 Å². The normalized spacial score (nSPS) is 12.4. The highest BCUT2D eigenvalue weighted by Gasteiger charge is 2.22. The van der Waals surface area contributed by atoms with Crippen LogP contribution in [-0.4, -0.2) is 34.7 Å². The molecule has 0 spiro atoms. The number of halogens is 3. The molecule has 1 aromatic carbocycles. The molecule has 33 heavy (non-hydrogen) atoms. The molecule has 2 N–H and O–H groups in total. The Morgan fingerprint density at radius 1 is 1.09 bits per heavy atom. The van der Waals surface area contributed by atoms with E-state index in [1.807, 2.05) is 0 Å². The zero-order valence-corrected chi connectivity index (χ0v) is 18.0. The van der Waals surface area contributed by atoms with Crippen LogP contribution >= 0.6 is 11.6 Å². The molecular weight excluding hydrogens is 454 g/mol. The zero-order valence-electron chi connectivity index (χ0n) is 17.3. The fraction of sp³-hybridized carbons (Fsp3) is 0.143. The smallest absolute Gasteiger partial charge is 0.169 e. The highest BCUT2D eigenvalue weighted by molar-refractivity contribution is 6.31. The third-order valence-corrected chi connectivity index (χ3v) is 5.48. The molecule has 166 valence electrons. The Kier molecular flexibility index (Phi) is 4.97. The number of rotatable bonds is 4. The van der Waals surface area contributed by atoms with Gasteiger partial charge >= 0.3 is 0 Å². The lowest BCUT2D eigenvalue weighted by Gasteiger charge is -2.17. The second kappa shape index (κ2) is 7.85. The number of fused-ring (bicyclic) bond motifs is 2. The van der Waals surface area contributed by atoms with Crippen LogP contribution in [0.25, 0.3) is 33.2 Å². The lowest BCUT2D eigenvalue weighted by Crippen LogP contribution is -2.09. The van der Waals surface area contributed by atoms with Crippen LogP contribution in [-0.2, 0) is 7.05 Å². The van der Waals surface area contributed by atoms with E-state index >= 15 is 0 Å². The first-order chi connectivity index (χ1) is 15.8. The molecule has 0 bridgehead atoms. The number of benzene rings is 1. The number of nitrogens with zero attached hydrogens (tertiary/aromatic N) is 7. The molecular formula is C21H15ClF2N8O. The number of hydrogen-bond donors (Lipinski definition) is 1. The van der Waals surface area contributed by atoms with Gasteiger partial charge in [0.25, 0.3) is 0 Å². The van der Waals surface area contributed by atoms with Gasteiger partial charge in [0.2, 0.25) is 0 Å². The summed E-state index contributed by atoms with van der Waals surface area (Å²) in [6.07, 6.45) is 5.28. The van der Waals surface area contributed by atoms with Gasteiger partial charge in [0.05, 0.1) is 29.7 Å². The van der Waals surface area contributed by atoms with Gasteiger partial charge in [-0.3, -0.25) is 4.68 Å². The van der Waals surface area contributed by atoms with Crippen molar-refractivity contribution in [2.75, 3.05) is 5.73 Å². The van der Waals surface area contributed by atoms with Crippen molar-refractivity contribution in [3.05, 3.63) is 59.5 Å². The predicted molar refractivity (Wildman–Crippen MR) is 117 cm³/mol. The average molecular weight is 469 g/mol. The van der Waals surface area contributed by atoms with Gasteiger partial charge in [-0.05, 0) is 19.1 Å². The van der Waals surface area contributed by atoms with Crippen LogP contribution in [0.3, 0.4) is 0 Å². The molecule has 0 unspecified atom stereocenters. The van der Waals surface area contributed by atoms with Gasteiger partial charge in [0.1, 0.15) is 39.5 Å². The molecule has 0 aliphatic carbocycles. The Balaban J connectivity index is 1.59. The SMILES string of the molecule is C[C@@H](Oc1cnc(-c2ccc(F)c(Cl)c2F)c2ncnc(N)c12)c1ncc2c(cnn2C)n1. The summed E-state index contributed by atoms with van der Waals surface area (Å²) in [6, 6.07) is 2.29. The van der Waals surface area contributed by atoms with Crippen molar-refractivity contribution in [2.24, 2.45) is 7.05 Å². The second-order valence-electron chi connectivity index (χ2n) is 7.20. The van der Waals surface area contributed by atoms with E-state index in [2.05, 4.69) is 30.0 Å². The lowest BCUT2D eigenvalue weighted by atomic mass is 10.1. The summed E-state index contributed by atoms with van der Waals surface area (Å²) in [5, 5.41) is 3.84. The van der Waals surface area contributed by atoms with E-state index in [-0.39, 0.29) is 28.3 Å². The maximum atomic E-state index is 14.7. The van der Waals surface area contributed by atoms with Crippen LogP contribution in [0.1, 0.15) is 18.9 Å². The number of nitrogens with two attached hydrogens (primary N) is 1. The van der Waals surface area contributed by atoms with E-state index in [0.717, 1.165) is 11.6 Å². The number of ether oxygens (including phenoxy) is 1. The first-order valence-corrected chi connectivity index (χ1v) is 10.1. The molecule has 0 saturated carbocycles. The second-order valence-corrected chi connectivity index (χ2v) is 7.58. The predicted octanol–water partition coefficient (Wildman–Crippen LogP) is 4.02. The zero-order chi connectivity index (χ0) is 23.3. The molecule has 4 aromatic heterocycles. The Bertz CT molecular complexity index is 1540. The van der Waals surface area contributed by atoms with Crippen LogP contribution in [0.2, 0.25) is 5.02 Å². The van der Waals surface area contributed by atoms with Crippen LogP contribution in [0.15, 0.2) is 37.1 Å². The third kappa shape index (κ3) is 3.46. The molecule has 1 atom stereocenters. The summed E-state index contributed by atoms with van der Waals surface area (Å²) < 4.78 is 36.1. The van der Waals surface area contributed by atoms with Gasteiger partial charge in [0.15, 0.2) is 23.5 Å². The minimum atomic E-state index is -0.956. The molecule has 9 nitrogen and oxygen atoms in total. The van der Waals surface area contributed by atoms with Gasteiger partial charge in [-0.25, -0.2) is 33.7 Å². The molecule has 0 aliphatic rings. The van der Waals surface area contributed by atoms with Crippen molar-refractivity contribution in [1.82, 2.24) is 34.7 Å². The number of pyridine rings is 1. The minimum absolute atomic E-state index is 0.0329. The Morgan fingerprint density at radius 3 is 2.73 bits per heavy atom. The van der Waals surface area contributed by atoms with Crippen molar-refractivity contribution in [3.8, 4) is 17.0 Å². The highest BCUT2D eigenvalue weighted by atomic mass is 35.5. The van der Waals surface area contributed by atoms with Gasteiger partial charge in [-0.1, -0.05) is 11.6 Å². The van der Waals surface area contributed by atoms with Crippen molar-refractivity contribution >= 4 is 39.4 Å². The maximum Gasteiger partial charge on any atom is 0.169 e. The van der Waals surface area contributed by atoms with Gasteiger partial charge in [-0.2, -0.15) is 5.10 Å². The molecule has 0 saturated heterocycles. The third-order valence-electron chi connectivity index (χ3n) is 5.13. The van der Waals surface area contributed by atoms with Gasteiger partial charge < -0.3 is 10.5 Å². The summed E-state index contributed by atoms with van der Waals surface area (Å²) in [5.74, 6) is -1.07. The minimum Gasteiger partial charge on any atom is -0.480 e. The van der Waals surface area contributed by atoms with Crippen LogP contribution in [0, 0.1) is 11.6 Å². The number of nitrogen functional groups attached to an aromatic ring is 1.